The number of anilines is 1. The molecule has 1 fully saturated rings. The van der Waals surface area contributed by atoms with E-state index in [0.717, 1.165) is 55.1 Å². The number of hydrogen-bond acceptors (Lipinski definition) is 4. The van der Waals surface area contributed by atoms with E-state index in [1.54, 1.807) is 11.3 Å². The van der Waals surface area contributed by atoms with Gasteiger partial charge in [-0.3, -0.25) is 0 Å². The van der Waals surface area contributed by atoms with Crippen molar-refractivity contribution in [2.45, 2.75) is 27.3 Å². The minimum Gasteiger partial charge on any atom is -0.368 e. The number of aliphatic imine (C=N–C) groups is 1. The maximum Gasteiger partial charge on any atom is 0.194 e. The summed E-state index contributed by atoms with van der Waals surface area (Å²) in [6.07, 6.45) is 0. The molecule has 3 rings (SSSR count). The highest BCUT2D eigenvalue weighted by Gasteiger charge is 2.20. The van der Waals surface area contributed by atoms with Crippen LogP contribution in [0.4, 0.5) is 10.1 Å². The molecule has 0 spiro atoms. The first-order valence-electron chi connectivity index (χ1n) is 9.03. The molecule has 27 heavy (non-hydrogen) atoms. The minimum atomic E-state index is -0.193. The normalized spacial score (nSPS) is 14.9. The monoisotopic (exact) mass is 503 g/mol. The van der Waals surface area contributed by atoms with Crippen LogP contribution in [0.2, 0.25) is 0 Å². The molecule has 2 heterocycles. The van der Waals surface area contributed by atoms with Gasteiger partial charge in [0.05, 0.1) is 12.2 Å². The highest BCUT2D eigenvalue weighted by molar-refractivity contribution is 14.0. The number of guanidine groups is 1. The first-order valence-corrected chi connectivity index (χ1v) is 9.85. The van der Waals surface area contributed by atoms with Crippen LogP contribution >= 0.6 is 35.3 Å². The molecule has 1 aromatic heterocycles. The number of rotatable bonds is 4. The van der Waals surface area contributed by atoms with E-state index in [2.05, 4.69) is 33.9 Å². The number of hydrogen-bond donors (Lipinski definition) is 1. The van der Waals surface area contributed by atoms with Crippen molar-refractivity contribution in [2.75, 3.05) is 37.6 Å². The van der Waals surface area contributed by atoms with Gasteiger partial charge < -0.3 is 15.1 Å². The summed E-state index contributed by atoms with van der Waals surface area (Å²) in [4.78, 5) is 15.2. The van der Waals surface area contributed by atoms with E-state index >= 15 is 0 Å². The van der Waals surface area contributed by atoms with Gasteiger partial charge in [-0.2, -0.15) is 0 Å². The zero-order chi connectivity index (χ0) is 18.5. The van der Waals surface area contributed by atoms with E-state index in [1.165, 1.54) is 17.0 Å². The maximum absolute atomic E-state index is 13.1. The third-order valence-electron chi connectivity index (χ3n) is 4.54. The number of benzene rings is 1. The van der Waals surface area contributed by atoms with Gasteiger partial charge in [-0.05, 0) is 45.0 Å². The molecule has 1 aromatic carbocycles. The Hall–Kier alpha value is -1.42. The Labute approximate surface area is 181 Å². The summed E-state index contributed by atoms with van der Waals surface area (Å²) in [7, 11) is 0. The van der Waals surface area contributed by atoms with Crippen molar-refractivity contribution in [3.8, 4) is 0 Å². The molecule has 8 heteroatoms. The van der Waals surface area contributed by atoms with Crippen LogP contribution < -0.4 is 10.2 Å². The summed E-state index contributed by atoms with van der Waals surface area (Å²) in [5.74, 6) is 0.748. The number of nitrogens with zero attached hydrogens (tertiary/aromatic N) is 4. The lowest BCUT2D eigenvalue weighted by Crippen LogP contribution is -2.52. The van der Waals surface area contributed by atoms with Crippen molar-refractivity contribution in [1.29, 1.82) is 0 Å². The van der Waals surface area contributed by atoms with Gasteiger partial charge in [0, 0.05) is 43.3 Å². The van der Waals surface area contributed by atoms with Crippen molar-refractivity contribution in [3.63, 3.8) is 0 Å². The Balaban J connectivity index is 0.00000261. The van der Waals surface area contributed by atoms with Crippen molar-refractivity contribution in [3.05, 3.63) is 45.7 Å². The third-order valence-corrected chi connectivity index (χ3v) is 5.60. The highest BCUT2D eigenvalue weighted by Crippen LogP contribution is 2.18. The fraction of sp³-hybridized carbons (Fsp3) is 0.474. The summed E-state index contributed by atoms with van der Waals surface area (Å²) in [6.45, 7) is 11.2. The van der Waals surface area contributed by atoms with E-state index in [1.807, 2.05) is 19.1 Å². The van der Waals surface area contributed by atoms with Crippen LogP contribution in [0.1, 0.15) is 22.5 Å². The van der Waals surface area contributed by atoms with Gasteiger partial charge in [0.2, 0.25) is 0 Å². The van der Waals surface area contributed by atoms with E-state index in [0.29, 0.717) is 6.54 Å². The molecular weight excluding hydrogens is 476 g/mol. The Morgan fingerprint density at radius 2 is 1.85 bits per heavy atom. The average Bonchev–Trinajstić information content (AvgIpc) is 2.97. The van der Waals surface area contributed by atoms with E-state index in [4.69, 9.17) is 4.99 Å². The highest BCUT2D eigenvalue weighted by atomic mass is 127. The molecule has 0 saturated carbocycles. The molecule has 0 radical (unpaired) electrons. The molecule has 0 bridgehead atoms. The van der Waals surface area contributed by atoms with Gasteiger partial charge in [-0.1, -0.05) is 0 Å². The second-order valence-electron chi connectivity index (χ2n) is 6.37. The second kappa shape index (κ2) is 10.2. The Morgan fingerprint density at radius 1 is 1.19 bits per heavy atom. The number of piperazine rings is 1. The standard InChI is InChI=1S/C19H26FN5S.HI/c1-4-21-19(22-13-18-23-14(2)15(3)26-18)25-11-9-24(10-12-25)17-7-5-16(20)6-8-17;/h5-8H,4,9-13H2,1-3H3,(H,21,22);1H. The lowest BCUT2D eigenvalue weighted by molar-refractivity contribution is 0.372. The SMILES string of the molecule is CCNC(=NCc1nc(C)c(C)s1)N1CCN(c2ccc(F)cc2)CC1.I. The van der Waals surface area contributed by atoms with Gasteiger partial charge in [-0.15, -0.1) is 35.3 Å². The van der Waals surface area contributed by atoms with Crippen LogP contribution in [0.3, 0.4) is 0 Å². The summed E-state index contributed by atoms with van der Waals surface area (Å²) in [5, 5.41) is 4.45. The summed E-state index contributed by atoms with van der Waals surface area (Å²) in [5.41, 5.74) is 2.17. The molecule has 0 amide bonds. The van der Waals surface area contributed by atoms with Crippen LogP contribution in [-0.2, 0) is 6.54 Å². The average molecular weight is 503 g/mol. The van der Waals surface area contributed by atoms with Gasteiger partial charge in [-0.25, -0.2) is 14.4 Å². The molecule has 1 N–H and O–H groups in total. The van der Waals surface area contributed by atoms with E-state index in [-0.39, 0.29) is 29.8 Å². The number of halogens is 2. The summed E-state index contributed by atoms with van der Waals surface area (Å²) in [6, 6.07) is 6.73. The molecule has 1 saturated heterocycles. The third kappa shape index (κ3) is 5.78. The quantitative estimate of drug-likeness (QED) is 0.392. The molecule has 2 aromatic rings. The lowest BCUT2D eigenvalue weighted by Gasteiger charge is -2.37. The molecular formula is C19H27FIN5S. The van der Waals surface area contributed by atoms with Gasteiger partial charge in [0.1, 0.15) is 10.8 Å². The van der Waals surface area contributed by atoms with Crippen molar-refractivity contribution in [1.82, 2.24) is 15.2 Å². The minimum absolute atomic E-state index is 0. The fourth-order valence-corrected chi connectivity index (χ4v) is 3.86. The van der Waals surface area contributed by atoms with Gasteiger partial charge in [0.15, 0.2) is 5.96 Å². The zero-order valence-corrected chi connectivity index (χ0v) is 19.2. The summed E-state index contributed by atoms with van der Waals surface area (Å²) >= 11 is 1.72. The van der Waals surface area contributed by atoms with Crippen LogP contribution in [0.15, 0.2) is 29.3 Å². The molecule has 0 unspecified atom stereocenters. The maximum atomic E-state index is 13.1. The van der Waals surface area contributed by atoms with Crippen LogP contribution in [0.5, 0.6) is 0 Å². The van der Waals surface area contributed by atoms with E-state index < -0.39 is 0 Å². The lowest BCUT2D eigenvalue weighted by atomic mass is 10.2. The largest absolute Gasteiger partial charge is 0.368 e. The van der Waals surface area contributed by atoms with Crippen molar-refractivity contribution in [2.24, 2.45) is 4.99 Å². The Kier molecular flexibility index (Phi) is 8.28. The Morgan fingerprint density at radius 3 is 2.41 bits per heavy atom. The van der Waals surface area contributed by atoms with Crippen LogP contribution in [-0.4, -0.2) is 48.6 Å². The molecule has 0 aliphatic carbocycles. The molecule has 0 atom stereocenters. The molecule has 148 valence electrons. The Bertz CT molecular complexity index is 734. The first-order chi connectivity index (χ1) is 12.6. The first kappa shape index (κ1) is 21.9. The van der Waals surface area contributed by atoms with Crippen LogP contribution in [0.25, 0.3) is 0 Å². The van der Waals surface area contributed by atoms with Crippen molar-refractivity contribution < 1.29 is 4.39 Å². The topological polar surface area (TPSA) is 43.8 Å². The fourth-order valence-electron chi connectivity index (χ4n) is 3.00. The van der Waals surface area contributed by atoms with Gasteiger partial charge in [0.25, 0.3) is 0 Å². The van der Waals surface area contributed by atoms with Crippen LogP contribution in [0, 0.1) is 19.7 Å². The second-order valence-corrected chi connectivity index (χ2v) is 7.66. The predicted octanol–water partition coefficient (Wildman–Crippen LogP) is 3.80. The van der Waals surface area contributed by atoms with Gasteiger partial charge >= 0.3 is 0 Å². The summed E-state index contributed by atoms with van der Waals surface area (Å²) < 4.78 is 13.1. The predicted molar refractivity (Wildman–Crippen MR) is 122 cm³/mol. The van der Waals surface area contributed by atoms with Crippen molar-refractivity contribution >= 4 is 47.0 Å². The number of nitrogens with one attached hydrogen (secondary N) is 1. The zero-order valence-electron chi connectivity index (χ0n) is 16.0. The number of aromatic nitrogens is 1. The molecule has 5 nitrogen and oxygen atoms in total. The number of thiazole rings is 1. The smallest absolute Gasteiger partial charge is 0.194 e. The number of aryl methyl sites for hydroxylation is 2. The molecule has 1 aliphatic rings. The van der Waals surface area contributed by atoms with E-state index in [9.17, 15) is 4.39 Å². The molecule has 1 aliphatic heterocycles.